The van der Waals surface area contributed by atoms with Crippen LogP contribution in [0.3, 0.4) is 0 Å². The number of anilines is 1. The summed E-state index contributed by atoms with van der Waals surface area (Å²) >= 11 is 0. The first-order valence-corrected chi connectivity index (χ1v) is 22.7. The average Bonchev–Trinajstić information content (AvgIpc) is 3.23. The summed E-state index contributed by atoms with van der Waals surface area (Å²) in [6.07, 6.45) is -14.7. The number of rotatable bonds is 8. The van der Waals surface area contributed by atoms with Gasteiger partial charge in [-0.25, -0.2) is 4.79 Å². The van der Waals surface area contributed by atoms with Crippen molar-refractivity contribution < 1.29 is 76.7 Å². The molecule has 65 heavy (non-hydrogen) atoms. The number of aliphatic hydroxyl groups is 5. The summed E-state index contributed by atoms with van der Waals surface area (Å²) in [5.41, 5.74) is -6.99. The molecule has 19 heteroatoms. The summed E-state index contributed by atoms with van der Waals surface area (Å²) in [4.78, 5) is 30.7. The number of urea groups is 1. The van der Waals surface area contributed by atoms with E-state index in [4.69, 9.17) is 28.4 Å². The number of halogens is 3. The summed E-state index contributed by atoms with van der Waals surface area (Å²) in [5.74, 6) is -3.20. The molecule has 0 unspecified atom stereocenters. The molecule has 0 saturated carbocycles. The lowest BCUT2D eigenvalue weighted by Gasteiger charge is -2.52. The number of benzene rings is 1. The van der Waals surface area contributed by atoms with Crippen molar-refractivity contribution in [3.63, 3.8) is 0 Å². The van der Waals surface area contributed by atoms with Gasteiger partial charge in [-0.15, -0.1) is 0 Å². The summed E-state index contributed by atoms with van der Waals surface area (Å²) in [7, 11) is 4.32. The number of esters is 1. The molecule has 0 spiro atoms. The highest BCUT2D eigenvalue weighted by Crippen LogP contribution is 2.43. The number of hydrogen-bond donors (Lipinski definition) is 6. The van der Waals surface area contributed by atoms with E-state index < -0.39 is 125 Å². The van der Waals surface area contributed by atoms with E-state index >= 15 is 0 Å². The minimum atomic E-state index is -4.57. The molecule has 1 aromatic rings. The van der Waals surface area contributed by atoms with Crippen LogP contribution >= 0.6 is 0 Å². The Morgan fingerprint density at radius 2 is 1.54 bits per heavy atom. The van der Waals surface area contributed by atoms with Crippen molar-refractivity contribution in [3.05, 3.63) is 29.8 Å². The Morgan fingerprint density at radius 1 is 0.938 bits per heavy atom. The van der Waals surface area contributed by atoms with Gasteiger partial charge in [0.2, 0.25) is 0 Å². The van der Waals surface area contributed by atoms with Crippen molar-refractivity contribution >= 4 is 17.7 Å². The first-order valence-electron chi connectivity index (χ1n) is 22.7. The first kappa shape index (κ1) is 54.9. The third-order valence-electron chi connectivity index (χ3n) is 14.5. The molecule has 3 aliphatic heterocycles. The normalized spacial score (nSPS) is 42.9. The van der Waals surface area contributed by atoms with Gasteiger partial charge in [0.25, 0.3) is 0 Å². The number of nitrogens with zero attached hydrogens (tertiary/aromatic N) is 2. The number of likely N-dealkylation sites (N-methyl/N-ethyl adjacent to an activating group) is 1. The second kappa shape index (κ2) is 20.9. The fourth-order valence-electron chi connectivity index (χ4n) is 9.73. The Kier molecular flexibility index (Phi) is 17.7. The lowest BCUT2D eigenvalue weighted by Crippen LogP contribution is -2.65. The molecule has 3 saturated heterocycles. The lowest BCUT2D eigenvalue weighted by molar-refractivity contribution is -0.334. The number of alkyl halides is 3. The number of nitrogens with one attached hydrogen (secondary N) is 1. The molecule has 0 aromatic heterocycles. The van der Waals surface area contributed by atoms with Crippen molar-refractivity contribution in [3.8, 4) is 0 Å². The Bertz CT molecular complexity index is 1740. The molecule has 18 atom stereocenters. The molecular weight excluding hydrogens is 860 g/mol. The van der Waals surface area contributed by atoms with Crippen molar-refractivity contribution in [2.45, 2.75) is 198 Å². The molecule has 3 aliphatic rings. The fourth-order valence-corrected chi connectivity index (χ4v) is 9.73. The molecular formula is C46H76F3N3O13. The zero-order valence-corrected chi connectivity index (χ0v) is 40.5. The highest BCUT2D eigenvalue weighted by molar-refractivity contribution is 5.91. The van der Waals surface area contributed by atoms with Gasteiger partial charge in [-0.1, -0.05) is 20.8 Å². The van der Waals surface area contributed by atoms with E-state index in [9.17, 15) is 48.3 Å². The lowest BCUT2D eigenvalue weighted by atomic mass is 9.76. The van der Waals surface area contributed by atoms with Gasteiger partial charge in [0.15, 0.2) is 12.6 Å². The van der Waals surface area contributed by atoms with E-state index in [2.05, 4.69) is 5.32 Å². The van der Waals surface area contributed by atoms with Crippen LogP contribution in [0.1, 0.15) is 107 Å². The smallest absolute Gasteiger partial charge is 0.416 e. The number of amides is 2. The van der Waals surface area contributed by atoms with Gasteiger partial charge in [-0.05, 0) is 111 Å². The molecule has 6 N–H and O–H groups in total. The van der Waals surface area contributed by atoms with E-state index in [0.29, 0.717) is 0 Å². The number of ether oxygens (including phenoxy) is 6. The molecule has 374 valence electrons. The first-order chi connectivity index (χ1) is 29.8. The van der Waals surface area contributed by atoms with Crippen LogP contribution in [0.25, 0.3) is 0 Å². The number of methoxy groups -OCH3 is 1. The standard InChI is InChI=1S/C46H76F3N3O13/c1-15-33-44(10,58)37(54)28(6)50-23-24(2)21-42(8,57)38(26(4)36(27(5)39(55)63-33)64-34-22-43(9,60-14)45(11,59)29(7)62-34)65-40-35(53)32(20-25(3)61-40)52(13)41(56)51(12)31-18-16-30(17-19-31)46(47,48)49/h16-19,24-29,32-38,40,50,53-54,57-59H,15,20-23H2,1-14H3/t24-,25-,26+,27-,28-,29+,32+,33-,34+,35-,36+,37-,38-,40+,42-,43-,44-,45-/m1/s1. The topological polar surface area (TPSA) is 209 Å². The molecule has 16 nitrogen and oxygen atoms in total. The predicted octanol–water partition coefficient (Wildman–Crippen LogP) is 4.59. The Morgan fingerprint density at radius 3 is 2.09 bits per heavy atom. The van der Waals surface area contributed by atoms with Gasteiger partial charge < -0.3 is 64.2 Å². The summed E-state index contributed by atoms with van der Waals surface area (Å²) in [5, 5.41) is 62.5. The molecule has 0 radical (unpaired) electrons. The van der Waals surface area contributed by atoms with E-state index in [1.807, 2.05) is 6.92 Å². The molecule has 1 aromatic carbocycles. The second-order valence-corrected chi connectivity index (χ2v) is 19.8. The van der Waals surface area contributed by atoms with Crippen LogP contribution in [0.15, 0.2) is 24.3 Å². The minimum Gasteiger partial charge on any atom is -0.459 e. The van der Waals surface area contributed by atoms with E-state index in [1.165, 1.54) is 45.2 Å². The van der Waals surface area contributed by atoms with Crippen LogP contribution in [-0.2, 0) is 39.4 Å². The van der Waals surface area contributed by atoms with Gasteiger partial charge in [0, 0.05) is 45.3 Å². The maximum absolute atomic E-state index is 14.4. The quantitative estimate of drug-likeness (QED) is 0.197. The largest absolute Gasteiger partial charge is 0.459 e. The number of aliphatic hydroxyl groups excluding tert-OH is 2. The highest BCUT2D eigenvalue weighted by atomic mass is 19.4. The minimum absolute atomic E-state index is 0.0117. The number of hydrogen-bond acceptors (Lipinski definition) is 14. The predicted molar refractivity (Wildman–Crippen MR) is 233 cm³/mol. The summed E-state index contributed by atoms with van der Waals surface area (Å²) < 4.78 is 77.7. The van der Waals surface area contributed by atoms with E-state index in [-0.39, 0.29) is 43.8 Å². The zero-order chi connectivity index (χ0) is 49.4. The van der Waals surface area contributed by atoms with Crippen LogP contribution in [0.5, 0.6) is 0 Å². The Labute approximate surface area is 382 Å². The van der Waals surface area contributed by atoms with Gasteiger partial charge in [0.05, 0.1) is 47.5 Å². The van der Waals surface area contributed by atoms with Crippen LogP contribution in [0, 0.1) is 17.8 Å². The average molecular weight is 936 g/mol. The van der Waals surface area contributed by atoms with Gasteiger partial charge in [0.1, 0.15) is 35.1 Å². The van der Waals surface area contributed by atoms with Crippen LogP contribution in [0.2, 0.25) is 0 Å². The third kappa shape index (κ3) is 12.0. The molecule has 0 bridgehead atoms. The fraction of sp³-hybridized carbons (Fsp3) is 0.826. The van der Waals surface area contributed by atoms with Gasteiger partial charge in [-0.2, -0.15) is 13.2 Å². The molecule has 4 rings (SSSR count). The van der Waals surface area contributed by atoms with Crippen LogP contribution in [0.4, 0.5) is 23.7 Å². The summed E-state index contributed by atoms with van der Waals surface area (Å²) in [6.45, 7) is 18.5. The maximum atomic E-state index is 14.4. The zero-order valence-electron chi connectivity index (χ0n) is 40.5. The molecule has 3 heterocycles. The SMILES string of the molecule is CC[C@H]1OC(=O)[C@H](C)[C@@H](O[C@H]2C[C@@](C)(OC)[C@](C)(O)[C@H](C)O2)[C@H](C)[C@@H](O[C@@H]2O[C@H](C)C[C@H](N(C)C(=O)N(C)c3ccc(C(F)(F)F)cc3)[C@H]2O)[C@](C)(O)C[C@@H](C)CN[C@H](C)[C@@H](O)[C@]1(C)O. The van der Waals surface area contributed by atoms with Crippen LogP contribution < -0.4 is 10.2 Å². The van der Waals surface area contributed by atoms with Crippen molar-refractivity contribution in [2.75, 3.05) is 32.6 Å². The van der Waals surface area contributed by atoms with E-state index in [1.54, 1.807) is 62.3 Å². The van der Waals surface area contributed by atoms with Gasteiger partial charge in [-0.3, -0.25) is 9.69 Å². The molecule has 2 amide bonds. The third-order valence-corrected chi connectivity index (χ3v) is 14.5. The van der Waals surface area contributed by atoms with Gasteiger partial charge >= 0.3 is 18.2 Å². The molecule has 0 aliphatic carbocycles. The Hall–Kier alpha value is -2.69. The maximum Gasteiger partial charge on any atom is 0.416 e. The Balaban J connectivity index is 1.77. The van der Waals surface area contributed by atoms with Crippen molar-refractivity contribution in [2.24, 2.45) is 17.8 Å². The number of carbonyl (C=O) groups is 2. The second-order valence-electron chi connectivity index (χ2n) is 19.8. The van der Waals surface area contributed by atoms with Crippen LogP contribution in [-0.4, -0.2) is 160 Å². The number of cyclic esters (lactones) is 1. The molecule has 3 fully saturated rings. The van der Waals surface area contributed by atoms with E-state index in [0.717, 1.165) is 17.0 Å². The van der Waals surface area contributed by atoms with Crippen molar-refractivity contribution in [1.29, 1.82) is 0 Å². The van der Waals surface area contributed by atoms with Crippen molar-refractivity contribution in [1.82, 2.24) is 10.2 Å². The summed E-state index contributed by atoms with van der Waals surface area (Å²) in [6, 6.07) is 1.85. The monoisotopic (exact) mass is 936 g/mol. The number of carbonyl (C=O) groups excluding carboxylic acids is 2. The highest BCUT2D eigenvalue weighted by Gasteiger charge is 2.56.